The number of carbonyl (C=O) groups is 2. The van der Waals surface area contributed by atoms with Crippen molar-refractivity contribution >= 4 is 17.6 Å². The van der Waals surface area contributed by atoms with E-state index in [1.54, 1.807) is 16.9 Å². The Hall–Kier alpha value is -2.83. The van der Waals surface area contributed by atoms with E-state index < -0.39 is 6.04 Å². The molecule has 0 bridgehead atoms. The van der Waals surface area contributed by atoms with Gasteiger partial charge in [0.15, 0.2) is 0 Å². The molecular formula is C20H28N4O3. The predicted octanol–water partition coefficient (Wildman–Crippen LogP) is 3.29. The Morgan fingerprint density at radius 3 is 2.70 bits per heavy atom. The summed E-state index contributed by atoms with van der Waals surface area (Å²) in [6.07, 6.45) is 3.80. The molecule has 0 saturated carbocycles. The SMILES string of the molecule is CCCCn1nccc1NC(=O)CC(NC(C)=O)c1ccccc1OCC. The van der Waals surface area contributed by atoms with Crippen molar-refractivity contribution in [2.45, 2.75) is 52.6 Å². The van der Waals surface area contributed by atoms with Gasteiger partial charge in [0.1, 0.15) is 11.6 Å². The quantitative estimate of drug-likeness (QED) is 0.670. The van der Waals surface area contributed by atoms with E-state index in [9.17, 15) is 9.59 Å². The van der Waals surface area contributed by atoms with Gasteiger partial charge in [0.05, 0.1) is 25.3 Å². The van der Waals surface area contributed by atoms with Gasteiger partial charge >= 0.3 is 0 Å². The summed E-state index contributed by atoms with van der Waals surface area (Å²) < 4.78 is 7.43. The van der Waals surface area contributed by atoms with Crippen molar-refractivity contribution in [3.05, 3.63) is 42.1 Å². The number of nitrogens with one attached hydrogen (secondary N) is 2. The molecular weight excluding hydrogens is 344 g/mol. The fraction of sp³-hybridized carbons (Fsp3) is 0.450. The molecule has 2 aromatic rings. The zero-order valence-corrected chi connectivity index (χ0v) is 16.2. The minimum Gasteiger partial charge on any atom is -0.494 e. The molecule has 7 nitrogen and oxygen atoms in total. The Balaban J connectivity index is 2.13. The smallest absolute Gasteiger partial charge is 0.227 e. The predicted molar refractivity (Wildman–Crippen MR) is 105 cm³/mol. The number of unbranched alkanes of at least 4 members (excludes halogenated alkanes) is 1. The number of amides is 2. The van der Waals surface area contributed by atoms with Gasteiger partial charge in [0.2, 0.25) is 11.8 Å². The number of ether oxygens (including phenoxy) is 1. The molecule has 146 valence electrons. The van der Waals surface area contributed by atoms with Gasteiger partial charge in [-0.05, 0) is 19.4 Å². The Labute approximate surface area is 160 Å². The van der Waals surface area contributed by atoms with E-state index in [4.69, 9.17) is 4.74 Å². The zero-order valence-electron chi connectivity index (χ0n) is 16.2. The van der Waals surface area contributed by atoms with Crippen molar-refractivity contribution in [2.75, 3.05) is 11.9 Å². The van der Waals surface area contributed by atoms with Crippen molar-refractivity contribution in [1.29, 1.82) is 0 Å². The first-order chi connectivity index (χ1) is 13.0. The molecule has 0 aliphatic heterocycles. The maximum Gasteiger partial charge on any atom is 0.227 e. The van der Waals surface area contributed by atoms with Crippen LogP contribution in [0.3, 0.4) is 0 Å². The van der Waals surface area contributed by atoms with Crippen LogP contribution in [0, 0.1) is 0 Å². The third kappa shape index (κ3) is 6.13. The van der Waals surface area contributed by atoms with E-state index in [-0.39, 0.29) is 18.2 Å². The zero-order chi connectivity index (χ0) is 19.6. The molecule has 1 heterocycles. The topological polar surface area (TPSA) is 85.3 Å². The lowest BCUT2D eigenvalue weighted by Gasteiger charge is -2.21. The molecule has 0 saturated heterocycles. The molecule has 2 amide bonds. The fourth-order valence-corrected chi connectivity index (χ4v) is 2.84. The largest absolute Gasteiger partial charge is 0.494 e. The van der Waals surface area contributed by atoms with Crippen molar-refractivity contribution < 1.29 is 14.3 Å². The van der Waals surface area contributed by atoms with Gasteiger partial charge in [-0.3, -0.25) is 9.59 Å². The summed E-state index contributed by atoms with van der Waals surface area (Å²) in [6, 6.07) is 8.73. The summed E-state index contributed by atoms with van der Waals surface area (Å²) in [5, 5.41) is 9.99. The highest BCUT2D eigenvalue weighted by Crippen LogP contribution is 2.27. The van der Waals surface area contributed by atoms with Crippen LogP contribution in [-0.4, -0.2) is 28.2 Å². The van der Waals surface area contributed by atoms with E-state index in [0.29, 0.717) is 18.2 Å². The van der Waals surface area contributed by atoms with Crippen LogP contribution in [0.25, 0.3) is 0 Å². The normalized spacial score (nSPS) is 11.7. The third-order valence-corrected chi connectivity index (χ3v) is 4.07. The van der Waals surface area contributed by atoms with E-state index in [2.05, 4.69) is 22.7 Å². The molecule has 0 fully saturated rings. The van der Waals surface area contributed by atoms with Crippen LogP contribution in [0.2, 0.25) is 0 Å². The molecule has 0 spiro atoms. The molecule has 1 unspecified atom stereocenters. The molecule has 2 rings (SSSR count). The highest BCUT2D eigenvalue weighted by Gasteiger charge is 2.21. The number of aromatic nitrogens is 2. The number of hydrogen-bond donors (Lipinski definition) is 2. The molecule has 7 heteroatoms. The van der Waals surface area contributed by atoms with Crippen LogP contribution in [-0.2, 0) is 16.1 Å². The molecule has 2 N–H and O–H groups in total. The van der Waals surface area contributed by atoms with Gasteiger partial charge in [-0.15, -0.1) is 0 Å². The summed E-state index contributed by atoms with van der Waals surface area (Å²) in [5.41, 5.74) is 0.782. The monoisotopic (exact) mass is 372 g/mol. The van der Waals surface area contributed by atoms with Gasteiger partial charge in [-0.2, -0.15) is 5.10 Å². The van der Waals surface area contributed by atoms with Crippen LogP contribution >= 0.6 is 0 Å². The van der Waals surface area contributed by atoms with Crippen molar-refractivity contribution in [3.8, 4) is 5.75 Å². The number of nitrogens with zero attached hydrogens (tertiary/aromatic N) is 2. The van der Waals surface area contributed by atoms with Gasteiger partial charge in [-0.1, -0.05) is 31.5 Å². The summed E-state index contributed by atoms with van der Waals surface area (Å²) in [4.78, 5) is 24.3. The van der Waals surface area contributed by atoms with Crippen molar-refractivity contribution in [3.63, 3.8) is 0 Å². The van der Waals surface area contributed by atoms with Gasteiger partial charge in [0.25, 0.3) is 0 Å². The summed E-state index contributed by atoms with van der Waals surface area (Å²) in [5.74, 6) is 0.929. The van der Waals surface area contributed by atoms with Crippen LogP contribution < -0.4 is 15.4 Å². The minimum atomic E-state index is -0.475. The number of aryl methyl sites for hydroxylation is 1. The lowest BCUT2D eigenvalue weighted by molar-refractivity contribution is -0.120. The molecule has 1 aromatic heterocycles. The lowest BCUT2D eigenvalue weighted by Crippen LogP contribution is -2.30. The number of carbonyl (C=O) groups excluding carboxylic acids is 2. The second-order valence-electron chi connectivity index (χ2n) is 6.27. The third-order valence-electron chi connectivity index (χ3n) is 4.07. The van der Waals surface area contributed by atoms with Crippen LogP contribution in [0.15, 0.2) is 36.5 Å². The highest BCUT2D eigenvalue weighted by atomic mass is 16.5. The number of para-hydroxylation sites is 1. The Bertz CT molecular complexity index is 757. The molecule has 1 atom stereocenters. The molecule has 27 heavy (non-hydrogen) atoms. The van der Waals surface area contributed by atoms with Crippen molar-refractivity contribution in [1.82, 2.24) is 15.1 Å². The second kappa shape index (κ2) is 10.4. The van der Waals surface area contributed by atoms with E-state index >= 15 is 0 Å². The maximum atomic E-state index is 12.6. The van der Waals surface area contributed by atoms with Crippen molar-refractivity contribution in [2.24, 2.45) is 0 Å². The van der Waals surface area contributed by atoms with E-state index in [1.807, 2.05) is 31.2 Å². The first-order valence-corrected chi connectivity index (χ1v) is 9.35. The lowest BCUT2D eigenvalue weighted by atomic mass is 10.0. The van der Waals surface area contributed by atoms with Crippen LogP contribution in [0.4, 0.5) is 5.82 Å². The first kappa shape index (κ1) is 20.5. The summed E-state index contributed by atoms with van der Waals surface area (Å²) in [6.45, 7) is 6.70. The Morgan fingerprint density at radius 2 is 2.00 bits per heavy atom. The summed E-state index contributed by atoms with van der Waals surface area (Å²) >= 11 is 0. The fourth-order valence-electron chi connectivity index (χ4n) is 2.84. The van der Waals surface area contributed by atoms with Crippen LogP contribution in [0.1, 0.15) is 51.6 Å². The Kier molecular flexibility index (Phi) is 7.85. The average molecular weight is 372 g/mol. The number of anilines is 1. The maximum absolute atomic E-state index is 12.6. The van der Waals surface area contributed by atoms with Gasteiger partial charge in [-0.25, -0.2) is 4.68 Å². The van der Waals surface area contributed by atoms with Gasteiger partial charge in [0, 0.05) is 25.1 Å². The number of rotatable bonds is 10. The molecule has 1 aromatic carbocycles. The molecule has 0 aliphatic rings. The van der Waals surface area contributed by atoms with Gasteiger partial charge < -0.3 is 15.4 Å². The van der Waals surface area contributed by atoms with E-state index in [1.165, 1.54) is 6.92 Å². The Morgan fingerprint density at radius 1 is 1.22 bits per heavy atom. The second-order valence-corrected chi connectivity index (χ2v) is 6.27. The van der Waals surface area contributed by atoms with Crippen LogP contribution in [0.5, 0.6) is 5.75 Å². The number of hydrogen-bond acceptors (Lipinski definition) is 4. The highest BCUT2D eigenvalue weighted by molar-refractivity contribution is 5.90. The van der Waals surface area contributed by atoms with E-state index in [0.717, 1.165) is 24.9 Å². The standard InChI is InChI=1S/C20H28N4O3/c1-4-6-13-24-19(11-12-21-24)23-20(26)14-17(22-15(3)25)16-9-7-8-10-18(16)27-5-2/h7-12,17H,4-6,13-14H2,1-3H3,(H,22,25)(H,23,26). The average Bonchev–Trinajstić information content (AvgIpc) is 3.06. The minimum absolute atomic E-state index is 0.0998. The molecule has 0 aliphatic carbocycles. The summed E-state index contributed by atoms with van der Waals surface area (Å²) in [7, 11) is 0. The molecule has 0 radical (unpaired) electrons. The number of benzene rings is 1. The first-order valence-electron chi connectivity index (χ1n) is 9.35.